The molecule has 2 aliphatic heterocycles. The minimum Gasteiger partial charge on any atom is -0.355 e. The molecule has 1 unspecified atom stereocenters. The summed E-state index contributed by atoms with van der Waals surface area (Å²) < 4.78 is 1.72. The van der Waals surface area contributed by atoms with E-state index in [2.05, 4.69) is 34.4 Å². The number of likely N-dealkylation sites (tertiary alicyclic amines) is 1. The van der Waals surface area contributed by atoms with Crippen LogP contribution in [0.15, 0.2) is 6.20 Å². The summed E-state index contributed by atoms with van der Waals surface area (Å²) in [5.41, 5.74) is 0.888. The lowest BCUT2D eigenvalue weighted by Crippen LogP contribution is -2.47. The molecule has 156 valence electrons. The van der Waals surface area contributed by atoms with E-state index < -0.39 is 0 Å². The van der Waals surface area contributed by atoms with Gasteiger partial charge in [0.1, 0.15) is 6.04 Å². The zero-order valence-electron chi connectivity index (χ0n) is 17.3. The third kappa shape index (κ3) is 5.53. The first-order valence-electron chi connectivity index (χ1n) is 10.7. The summed E-state index contributed by atoms with van der Waals surface area (Å²) in [6, 6.07) is -0.359. The Morgan fingerprint density at radius 3 is 2.71 bits per heavy atom. The number of amides is 2. The zero-order valence-corrected chi connectivity index (χ0v) is 17.3. The second-order valence-corrected chi connectivity index (χ2v) is 8.47. The summed E-state index contributed by atoms with van der Waals surface area (Å²) in [6.07, 6.45) is 8.58. The van der Waals surface area contributed by atoms with Gasteiger partial charge in [0, 0.05) is 6.54 Å². The molecule has 1 N–H and O–H groups in total. The van der Waals surface area contributed by atoms with E-state index in [-0.39, 0.29) is 24.4 Å². The van der Waals surface area contributed by atoms with Crippen molar-refractivity contribution in [1.29, 1.82) is 0 Å². The number of nitrogens with zero attached hydrogens (tertiary/aromatic N) is 5. The molecular formula is C20H34N6O2. The Morgan fingerprint density at radius 2 is 2.00 bits per heavy atom. The highest BCUT2D eigenvalue weighted by molar-refractivity contribution is 5.87. The Hall–Kier alpha value is -1.96. The van der Waals surface area contributed by atoms with Gasteiger partial charge in [0.15, 0.2) is 0 Å². The number of carbonyl (C=O) groups excluding carboxylic acids is 2. The first kappa shape index (κ1) is 20.8. The van der Waals surface area contributed by atoms with Gasteiger partial charge in [-0.25, -0.2) is 4.68 Å². The molecule has 0 bridgehead atoms. The maximum Gasteiger partial charge on any atom is 0.248 e. The first-order valence-corrected chi connectivity index (χ1v) is 10.7. The second-order valence-electron chi connectivity index (χ2n) is 8.47. The van der Waals surface area contributed by atoms with Gasteiger partial charge in [-0.15, -0.1) is 5.10 Å². The van der Waals surface area contributed by atoms with E-state index in [0.717, 1.165) is 18.7 Å². The predicted molar refractivity (Wildman–Crippen MR) is 106 cm³/mol. The van der Waals surface area contributed by atoms with Crippen molar-refractivity contribution in [3.05, 3.63) is 11.9 Å². The Kier molecular flexibility index (Phi) is 7.42. The summed E-state index contributed by atoms with van der Waals surface area (Å²) >= 11 is 0. The molecular weight excluding hydrogens is 356 g/mol. The molecule has 1 saturated heterocycles. The van der Waals surface area contributed by atoms with E-state index in [9.17, 15) is 9.59 Å². The monoisotopic (exact) mass is 390 g/mol. The average molecular weight is 391 g/mol. The predicted octanol–water partition coefficient (Wildman–Crippen LogP) is 1.59. The van der Waals surface area contributed by atoms with Gasteiger partial charge in [-0.05, 0) is 51.2 Å². The van der Waals surface area contributed by atoms with Crippen LogP contribution in [0.5, 0.6) is 0 Å². The van der Waals surface area contributed by atoms with E-state index in [4.69, 9.17) is 0 Å². The molecule has 0 aliphatic carbocycles. The smallest absolute Gasteiger partial charge is 0.248 e. The minimum atomic E-state index is -0.359. The highest BCUT2D eigenvalue weighted by Crippen LogP contribution is 2.26. The lowest BCUT2D eigenvalue weighted by molar-refractivity contribution is -0.142. The van der Waals surface area contributed by atoms with Crippen molar-refractivity contribution in [3.8, 4) is 0 Å². The fourth-order valence-corrected chi connectivity index (χ4v) is 4.13. The Bertz CT molecular complexity index is 651. The fraction of sp³-hybridized carbons (Fsp3) is 0.800. The number of fused-ring (bicyclic) bond motifs is 1. The Labute approximate surface area is 167 Å². The largest absolute Gasteiger partial charge is 0.355 e. The van der Waals surface area contributed by atoms with Crippen molar-refractivity contribution in [2.45, 2.75) is 65.0 Å². The summed E-state index contributed by atoms with van der Waals surface area (Å²) in [5, 5.41) is 11.0. The maximum absolute atomic E-state index is 12.9. The van der Waals surface area contributed by atoms with Gasteiger partial charge in [-0.1, -0.05) is 31.9 Å². The molecule has 0 spiro atoms. The molecule has 1 aromatic heterocycles. The zero-order chi connectivity index (χ0) is 19.9. The van der Waals surface area contributed by atoms with E-state index >= 15 is 0 Å². The number of hydrogen-bond donors (Lipinski definition) is 1. The van der Waals surface area contributed by atoms with Gasteiger partial charge in [-0.3, -0.25) is 9.59 Å². The number of carbonyl (C=O) groups is 2. The van der Waals surface area contributed by atoms with Crippen LogP contribution in [-0.2, 0) is 16.1 Å². The van der Waals surface area contributed by atoms with E-state index in [1.165, 1.54) is 38.8 Å². The first-order chi connectivity index (χ1) is 13.5. The highest BCUT2D eigenvalue weighted by Gasteiger charge is 2.35. The van der Waals surface area contributed by atoms with Crippen molar-refractivity contribution in [3.63, 3.8) is 0 Å². The molecule has 28 heavy (non-hydrogen) atoms. The Balaban J connectivity index is 1.45. The van der Waals surface area contributed by atoms with Crippen molar-refractivity contribution >= 4 is 11.8 Å². The van der Waals surface area contributed by atoms with Crippen LogP contribution in [0.1, 0.15) is 64.1 Å². The second kappa shape index (κ2) is 10.0. The molecule has 2 amide bonds. The van der Waals surface area contributed by atoms with Crippen LogP contribution in [0, 0.1) is 5.92 Å². The van der Waals surface area contributed by atoms with Crippen molar-refractivity contribution in [1.82, 2.24) is 30.1 Å². The number of aromatic nitrogens is 3. The molecule has 3 rings (SSSR count). The molecule has 3 heterocycles. The average Bonchev–Trinajstić information content (AvgIpc) is 2.96. The van der Waals surface area contributed by atoms with Gasteiger partial charge in [0.05, 0.1) is 25.0 Å². The van der Waals surface area contributed by atoms with Gasteiger partial charge in [0.25, 0.3) is 0 Å². The SMILES string of the molecule is CC(C)CC1C(=O)N(CC(=O)NCCCN2CCCCCC2)Cc2cnnn21. The van der Waals surface area contributed by atoms with Gasteiger partial charge in [0.2, 0.25) is 11.8 Å². The summed E-state index contributed by atoms with van der Waals surface area (Å²) in [6.45, 7) is 8.70. The van der Waals surface area contributed by atoms with E-state index in [1.807, 2.05) is 0 Å². The van der Waals surface area contributed by atoms with Crippen LogP contribution in [0.4, 0.5) is 0 Å². The van der Waals surface area contributed by atoms with Gasteiger partial charge in [-0.2, -0.15) is 0 Å². The molecule has 1 fully saturated rings. The fourth-order valence-electron chi connectivity index (χ4n) is 4.13. The topological polar surface area (TPSA) is 83.4 Å². The van der Waals surface area contributed by atoms with Crippen LogP contribution < -0.4 is 5.32 Å². The molecule has 1 atom stereocenters. The third-order valence-electron chi connectivity index (χ3n) is 5.59. The lowest BCUT2D eigenvalue weighted by atomic mass is 10.0. The van der Waals surface area contributed by atoms with Crippen molar-refractivity contribution in [2.24, 2.45) is 5.92 Å². The highest BCUT2D eigenvalue weighted by atomic mass is 16.2. The quantitative estimate of drug-likeness (QED) is 0.682. The van der Waals surface area contributed by atoms with Crippen LogP contribution in [0.2, 0.25) is 0 Å². The molecule has 8 heteroatoms. The van der Waals surface area contributed by atoms with E-state index in [0.29, 0.717) is 25.4 Å². The van der Waals surface area contributed by atoms with Crippen molar-refractivity contribution < 1.29 is 9.59 Å². The summed E-state index contributed by atoms with van der Waals surface area (Å²) in [5.74, 6) is 0.235. The molecule has 0 aromatic carbocycles. The third-order valence-corrected chi connectivity index (χ3v) is 5.59. The minimum absolute atomic E-state index is 0.0357. The van der Waals surface area contributed by atoms with E-state index in [1.54, 1.807) is 15.8 Å². The molecule has 8 nitrogen and oxygen atoms in total. The number of hydrogen-bond acceptors (Lipinski definition) is 5. The van der Waals surface area contributed by atoms with Crippen molar-refractivity contribution in [2.75, 3.05) is 32.7 Å². The molecule has 2 aliphatic rings. The summed E-state index contributed by atoms with van der Waals surface area (Å²) in [7, 11) is 0. The van der Waals surface area contributed by atoms with Crippen LogP contribution in [0.3, 0.4) is 0 Å². The van der Waals surface area contributed by atoms with Gasteiger partial charge < -0.3 is 15.1 Å². The maximum atomic E-state index is 12.9. The number of nitrogens with one attached hydrogen (secondary N) is 1. The normalized spacial score (nSPS) is 20.9. The Morgan fingerprint density at radius 1 is 1.25 bits per heavy atom. The molecule has 0 radical (unpaired) electrons. The van der Waals surface area contributed by atoms with Gasteiger partial charge >= 0.3 is 0 Å². The van der Waals surface area contributed by atoms with Crippen LogP contribution in [-0.4, -0.2) is 69.3 Å². The number of rotatable bonds is 8. The molecule has 1 aromatic rings. The standard InChI is InChI=1S/C20H34N6O2/c1-16(2)12-18-20(28)25(14-17-13-22-23-26(17)18)15-19(27)21-8-7-11-24-9-5-3-4-6-10-24/h13,16,18H,3-12,14-15H2,1-2H3,(H,21,27). The lowest BCUT2D eigenvalue weighted by Gasteiger charge is -2.33. The van der Waals surface area contributed by atoms with Crippen LogP contribution >= 0.6 is 0 Å². The molecule has 0 saturated carbocycles. The summed E-state index contributed by atoms with van der Waals surface area (Å²) in [4.78, 5) is 29.4. The van der Waals surface area contributed by atoms with Crippen LogP contribution in [0.25, 0.3) is 0 Å².